The first kappa shape index (κ1) is 13.4. The highest BCUT2D eigenvalue weighted by Gasteiger charge is 2.06. The molecule has 2 aromatic carbocycles. The molecule has 0 spiro atoms. The van der Waals surface area contributed by atoms with E-state index in [0.29, 0.717) is 21.9 Å². The average molecular weight is 276 g/mol. The van der Waals surface area contributed by atoms with Gasteiger partial charge in [0.1, 0.15) is 18.2 Å². The maximum absolute atomic E-state index is 13.1. The predicted molar refractivity (Wildman–Crippen MR) is 71.6 cm³/mol. The SMILES string of the molecule is Cc1ccc(C#N)cc1OCc1cc(F)ccc1Cl. The highest BCUT2D eigenvalue weighted by atomic mass is 35.5. The van der Waals surface area contributed by atoms with Crippen LogP contribution in [0.2, 0.25) is 5.02 Å². The van der Waals surface area contributed by atoms with E-state index in [1.165, 1.54) is 18.2 Å². The van der Waals surface area contributed by atoms with Crippen molar-refractivity contribution in [2.45, 2.75) is 13.5 Å². The maximum Gasteiger partial charge on any atom is 0.124 e. The van der Waals surface area contributed by atoms with Crippen molar-refractivity contribution in [3.63, 3.8) is 0 Å². The molecule has 0 radical (unpaired) electrons. The van der Waals surface area contributed by atoms with Crippen LogP contribution in [0.25, 0.3) is 0 Å². The summed E-state index contributed by atoms with van der Waals surface area (Å²) in [6.07, 6.45) is 0. The van der Waals surface area contributed by atoms with Gasteiger partial charge in [0.05, 0.1) is 11.6 Å². The van der Waals surface area contributed by atoms with Crippen LogP contribution in [0.15, 0.2) is 36.4 Å². The Balaban J connectivity index is 2.19. The van der Waals surface area contributed by atoms with Gasteiger partial charge in [0.25, 0.3) is 0 Å². The average Bonchev–Trinajstić information content (AvgIpc) is 2.41. The van der Waals surface area contributed by atoms with Gasteiger partial charge in [-0.1, -0.05) is 17.7 Å². The molecular weight excluding hydrogens is 265 g/mol. The molecule has 2 aromatic rings. The fourth-order valence-corrected chi connectivity index (χ4v) is 1.81. The topological polar surface area (TPSA) is 33.0 Å². The molecule has 0 saturated carbocycles. The number of aryl methyl sites for hydroxylation is 1. The fourth-order valence-electron chi connectivity index (χ4n) is 1.63. The second-order valence-corrected chi connectivity index (χ2v) is 4.52. The molecule has 96 valence electrons. The number of benzene rings is 2. The van der Waals surface area contributed by atoms with Gasteiger partial charge in [0, 0.05) is 10.6 Å². The van der Waals surface area contributed by atoms with E-state index in [9.17, 15) is 4.39 Å². The van der Waals surface area contributed by atoms with Gasteiger partial charge in [-0.2, -0.15) is 5.26 Å². The van der Waals surface area contributed by atoms with Crippen molar-refractivity contribution < 1.29 is 9.13 Å². The van der Waals surface area contributed by atoms with E-state index in [-0.39, 0.29) is 12.4 Å². The van der Waals surface area contributed by atoms with Crippen LogP contribution >= 0.6 is 11.6 Å². The summed E-state index contributed by atoms with van der Waals surface area (Å²) < 4.78 is 18.7. The smallest absolute Gasteiger partial charge is 0.124 e. The lowest BCUT2D eigenvalue weighted by Crippen LogP contribution is -1.99. The minimum atomic E-state index is -0.356. The Morgan fingerprint density at radius 3 is 2.79 bits per heavy atom. The van der Waals surface area contributed by atoms with Crippen LogP contribution in [0, 0.1) is 24.1 Å². The molecule has 0 fully saturated rings. The van der Waals surface area contributed by atoms with Gasteiger partial charge in [-0.15, -0.1) is 0 Å². The Labute approximate surface area is 116 Å². The van der Waals surface area contributed by atoms with Crippen molar-refractivity contribution in [1.29, 1.82) is 5.26 Å². The zero-order chi connectivity index (χ0) is 13.8. The summed E-state index contributed by atoms with van der Waals surface area (Å²) in [6.45, 7) is 2.04. The number of nitriles is 1. The first-order chi connectivity index (χ1) is 9.10. The molecule has 0 unspecified atom stereocenters. The summed E-state index contributed by atoms with van der Waals surface area (Å²) in [4.78, 5) is 0. The van der Waals surface area contributed by atoms with Gasteiger partial charge >= 0.3 is 0 Å². The highest BCUT2D eigenvalue weighted by molar-refractivity contribution is 6.31. The molecule has 4 heteroatoms. The molecule has 2 nitrogen and oxygen atoms in total. The monoisotopic (exact) mass is 275 g/mol. The lowest BCUT2D eigenvalue weighted by molar-refractivity contribution is 0.303. The van der Waals surface area contributed by atoms with Crippen molar-refractivity contribution in [3.8, 4) is 11.8 Å². The summed E-state index contributed by atoms with van der Waals surface area (Å²) in [7, 11) is 0. The van der Waals surface area contributed by atoms with Gasteiger partial charge < -0.3 is 4.74 Å². The van der Waals surface area contributed by atoms with Gasteiger partial charge in [0.15, 0.2) is 0 Å². The summed E-state index contributed by atoms with van der Waals surface area (Å²) in [5.41, 5.74) is 2.00. The van der Waals surface area contributed by atoms with Crippen molar-refractivity contribution in [2.24, 2.45) is 0 Å². The minimum absolute atomic E-state index is 0.159. The molecule has 0 bridgehead atoms. The van der Waals surface area contributed by atoms with Crippen molar-refractivity contribution in [1.82, 2.24) is 0 Å². The Morgan fingerprint density at radius 1 is 1.26 bits per heavy atom. The zero-order valence-electron chi connectivity index (χ0n) is 10.3. The first-order valence-corrected chi connectivity index (χ1v) is 6.05. The lowest BCUT2D eigenvalue weighted by Gasteiger charge is -2.10. The Hall–Kier alpha value is -2.05. The number of nitrogens with zero attached hydrogens (tertiary/aromatic N) is 1. The summed E-state index contributed by atoms with van der Waals surface area (Å²) in [5.74, 6) is 0.241. The maximum atomic E-state index is 13.1. The zero-order valence-corrected chi connectivity index (χ0v) is 11.0. The third-order valence-electron chi connectivity index (χ3n) is 2.71. The number of hydrogen-bond donors (Lipinski definition) is 0. The third kappa shape index (κ3) is 3.24. The molecular formula is C15H11ClFNO. The predicted octanol–water partition coefficient (Wildman–Crippen LogP) is 4.24. The number of halogens is 2. The molecule has 19 heavy (non-hydrogen) atoms. The molecule has 0 aromatic heterocycles. The summed E-state index contributed by atoms with van der Waals surface area (Å²) in [5, 5.41) is 9.30. The van der Waals surface area contributed by atoms with Crippen molar-refractivity contribution >= 4 is 11.6 Å². The van der Waals surface area contributed by atoms with Crippen LogP contribution in [0.3, 0.4) is 0 Å². The second kappa shape index (κ2) is 5.73. The van der Waals surface area contributed by atoms with E-state index in [0.717, 1.165) is 5.56 Å². The van der Waals surface area contributed by atoms with Crippen LogP contribution < -0.4 is 4.74 Å². The standard InChI is InChI=1S/C15H11ClFNO/c1-10-2-3-11(8-18)6-15(10)19-9-12-7-13(17)4-5-14(12)16/h2-7H,9H2,1H3. The number of rotatable bonds is 3. The van der Waals surface area contributed by atoms with Gasteiger partial charge in [-0.05, 0) is 42.8 Å². The van der Waals surface area contributed by atoms with Crippen LogP contribution in [-0.2, 0) is 6.61 Å². The Kier molecular flexibility index (Phi) is 4.03. The minimum Gasteiger partial charge on any atom is -0.489 e. The molecule has 0 aliphatic carbocycles. The van der Waals surface area contributed by atoms with Crippen LogP contribution in [0.5, 0.6) is 5.75 Å². The lowest BCUT2D eigenvalue weighted by atomic mass is 10.1. The first-order valence-electron chi connectivity index (χ1n) is 5.67. The van der Waals surface area contributed by atoms with Crippen LogP contribution in [0.4, 0.5) is 4.39 Å². The quantitative estimate of drug-likeness (QED) is 0.839. The van der Waals surface area contributed by atoms with Crippen LogP contribution in [-0.4, -0.2) is 0 Å². The number of ether oxygens (including phenoxy) is 1. The molecule has 0 amide bonds. The normalized spacial score (nSPS) is 10.0. The molecule has 0 heterocycles. The van der Waals surface area contributed by atoms with Crippen molar-refractivity contribution in [3.05, 3.63) is 63.9 Å². The third-order valence-corrected chi connectivity index (χ3v) is 3.08. The van der Waals surface area contributed by atoms with E-state index >= 15 is 0 Å². The molecule has 0 aliphatic heterocycles. The molecule has 0 saturated heterocycles. The molecule has 0 aliphatic rings. The van der Waals surface area contributed by atoms with E-state index in [1.807, 2.05) is 13.0 Å². The molecule has 2 rings (SSSR count). The van der Waals surface area contributed by atoms with Gasteiger partial charge in [-0.25, -0.2) is 4.39 Å². The van der Waals surface area contributed by atoms with Crippen molar-refractivity contribution in [2.75, 3.05) is 0 Å². The summed E-state index contributed by atoms with van der Waals surface area (Å²) in [6, 6.07) is 11.4. The highest BCUT2D eigenvalue weighted by Crippen LogP contribution is 2.23. The van der Waals surface area contributed by atoms with Gasteiger partial charge in [0.2, 0.25) is 0 Å². The van der Waals surface area contributed by atoms with E-state index in [1.54, 1.807) is 18.2 Å². The fraction of sp³-hybridized carbons (Fsp3) is 0.133. The van der Waals surface area contributed by atoms with Crippen LogP contribution in [0.1, 0.15) is 16.7 Å². The Bertz CT molecular complexity index is 649. The second-order valence-electron chi connectivity index (χ2n) is 4.12. The molecule has 0 N–H and O–H groups in total. The number of hydrogen-bond acceptors (Lipinski definition) is 2. The van der Waals surface area contributed by atoms with E-state index in [4.69, 9.17) is 21.6 Å². The molecule has 0 atom stereocenters. The Morgan fingerprint density at radius 2 is 2.05 bits per heavy atom. The van der Waals surface area contributed by atoms with E-state index in [2.05, 4.69) is 0 Å². The van der Waals surface area contributed by atoms with E-state index < -0.39 is 0 Å². The largest absolute Gasteiger partial charge is 0.489 e. The van der Waals surface area contributed by atoms with Gasteiger partial charge in [-0.3, -0.25) is 0 Å². The summed E-state index contributed by atoms with van der Waals surface area (Å²) >= 11 is 5.96.